The molecule has 1 rings (SSSR count). The molecule has 0 aromatic carbocycles. The lowest BCUT2D eigenvalue weighted by molar-refractivity contribution is -0.157. The molecule has 0 saturated carbocycles. The monoisotopic (exact) mass is 186 g/mol. The fraction of sp³-hybridized carbons (Fsp3) is 0.500. The summed E-state index contributed by atoms with van der Waals surface area (Å²) >= 11 is 0. The highest BCUT2D eigenvalue weighted by molar-refractivity contribution is 5.93. The molecule has 1 aliphatic heterocycles. The summed E-state index contributed by atoms with van der Waals surface area (Å²) in [5.41, 5.74) is 0. The van der Waals surface area contributed by atoms with Gasteiger partial charge in [-0.25, -0.2) is 9.59 Å². The molecule has 1 saturated heterocycles. The van der Waals surface area contributed by atoms with Gasteiger partial charge >= 0.3 is 11.9 Å². The van der Waals surface area contributed by atoms with Crippen LogP contribution in [-0.4, -0.2) is 37.2 Å². The highest BCUT2D eigenvalue weighted by Crippen LogP contribution is 2.07. The smallest absolute Gasteiger partial charge is 0.337 e. The zero-order valence-corrected chi connectivity index (χ0v) is 6.99. The minimum Gasteiger partial charge on any atom is -0.392 e. The Morgan fingerprint density at radius 2 is 2.54 bits per heavy atom. The molecular weight excluding hydrogens is 174 g/mol. The zero-order valence-electron chi connectivity index (χ0n) is 7.99. The summed E-state index contributed by atoms with van der Waals surface area (Å²) < 4.78 is 11.0. The van der Waals surface area contributed by atoms with Gasteiger partial charge in [0.15, 0.2) is 0 Å². The van der Waals surface area contributed by atoms with Crippen LogP contribution in [0, 0.1) is 0 Å². The van der Waals surface area contributed by atoms with Crippen molar-refractivity contribution in [1.29, 1.82) is 1.43 Å². The van der Waals surface area contributed by atoms with Gasteiger partial charge in [0.1, 0.15) is 6.04 Å². The number of hydrogen-bond acceptors (Lipinski definition) is 5. The van der Waals surface area contributed by atoms with Crippen molar-refractivity contribution in [2.24, 2.45) is 0 Å². The Kier molecular flexibility index (Phi) is 2.68. The maximum Gasteiger partial charge on any atom is 0.337 e. The molecule has 2 atom stereocenters. The second kappa shape index (κ2) is 4.15. The summed E-state index contributed by atoms with van der Waals surface area (Å²) in [5.74, 6) is -1.43. The number of hydrogen-bond donors (Lipinski definition) is 2. The van der Waals surface area contributed by atoms with Crippen LogP contribution in [0.3, 0.4) is 0 Å². The second-order valence-corrected chi connectivity index (χ2v) is 2.76. The molecule has 0 unspecified atom stereocenters. The van der Waals surface area contributed by atoms with Crippen molar-refractivity contribution in [3.05, 3.63) is 12.7 Å². The van der Waals surface area contributed by atoms with Gasteiger partial charge in [-0.05, 0) is 0 Å². The summed E-state index contributed by atoms with van der Waals surface area (Å²) in [6.07, 6.45) is 0.935. The third kappa shape index (κ3) is 2.64. The normalized spacial score (nSPS) is 27.8. The van der Waals surface area contributed by atoms with Crippen molar-refractivity contribution >= 4 is 11.9 Å². The molecule has 2 N–H and O–H groups in total. The Labute approximate surface area is 76.9 Å². The van der Waals surface area contributed by atoms with Crippen LogP contribution in [-0.2, 0) is 14.3 Å². The number of β-amino-alcohol motifs (C(OH)–C–C–N with tert-alkyl or cyclic N) is 1. The van der Waals surface area contributed by atoms with Crippen LogP contribution in [0.4, 0.5) is 0 Å². The summed E-state index contributed by atoms with van der Waals surface area (Å²) in [6, 6.07) is -0.575. The number of nitrogens with one attached hydrogen (secondary N) is 1. The molecule has 0 spiro atoms. The highest BCUT2D eigenvalue weighted by atomic mass is 16.6. The van der Waals surface area contributed by atoms with Gasteiger partial charge in [0.05, 0.1) is 6.10 Å². The van der Waals surface area contributed by atoms with E-state index in [2.05, 4.69) is 21.7 Å². The predicted molar refractivity (Wildman–Crippen MR) is 43.7 cm³/mol. The lowest BCUT2D eigenvalue weighted by atomic mass is 10.2. The molecule has 5 heteroatoms. The van der Waals surface area contributed by atoms with E-state index in [0.717, 1.165) is 6.08 Å². The van der Waals surface area contributed by atoms with Gasteiger partial charge in [0.2, 0.25) is 1.43 Å². The van der Waals surface area contributed by atoms with E-state index in [1.54, 1.807) is 0 Å². The van der Waals surface area contributed by atoms with Gasteiger partial charge in [0, 0.05) is 19.0 Å². The Bertz CT molecular complexity index is 256. The van der Waals surface area contributed by atoms with E-state index < -0.39 is 18.0 Å². The van der Waals surface area contributed by atoms with Crippen molar-refractivity contribution in [2.45, 2.75) is 18.6 Å². The summed E-state index contributed by atoms with van der Waals surface area (Å²) in [7, 11) is 0. The van der Waals surface area contributed by atoms with Crippen molar-refractivity contribution in [3.8, 4) is 0 Å². The van der Waals surface area contributed by atoms with Crippen LogP contribution in [0.5, 0.6) is 0 Å². The summed E-state index contributed by atoms with van der Waals surface area (Å²) in [6.45, 7) is 3.58. The number of rotatable bonds is 3. The topological polar surface area (TPSA) is 75.6 Å². The Morgan fingerprint density at radius 3 is 3.08 bits per heavy atom. The van der Waals surface area contributed by atoms with Crippen molar-refractivity contribution in [2.75, 3.05) is 6.54 Å². The van der Waals surface area contributed by atoms with Crippen molar-refractivity contribution < 1.29 is 19.4 Å². The Morgan fingerprint density at radius 1 is 1.77 bits per heavy atom. The minimum absolute atomic E-state index is 0.327. The SMILES string of the molecule is [2H]O[C@@H]1CN[C@H](C(=O)OC(=O)C=C)C1. The first-order chi connectivity index (χ1) is 6.67. The van der Waals surface area contributed by atoms with Crippen LogP contribution >= 0.6 is 0 Å². The number of esters is 2. The first-order valence-electron chi connectivity index (χ1n) is 4.31. The third-order valence-corrected chi connectivity index (χ3v) is 1.74. The van der Waals surface area contributed by atoms with E-state index >= 15 is 0 Å². The van der Waals surface area contributed by atoms with E-state index in [-0.39, 0.29) is 6.10 Å². The van der Waals surface area contributed by atoms with E-state index in [1.807, 2.05) is 0 Å². The van der Waals surface area contributed by atoms with E-state index in [0.29, 0.717) is 13.0 Å². The van der Waals surface area contributed by atoms with Crippen LogP contribution in [0.2, 0.25) is 0 Å². The average Bonchev–Trinajstić information content (AvgIpc) is 2.65. The third-order valence-electron chi connectivity index (χ3n) is 1.74. The molecular formula is C8H11NO4. The molecule has 13 heavy (non-hydrogen) atoms. The van der Waals surface area contributed by atoms with Gasteiger partial charge in [-0.1, -0.05) is 6.58 Å². The van der Waals surface area contributed by atoms with Crippen molar-refractivity contribution in [3.63, 3.8) is 0 Å². The molecule has 0 aliphatic carbocycles. The first kappa shape index (κ1) is 8.40. The van der Waals surface area contributed by atoms with E-state index in [1.165, 1.54) is 0 Å². The molecule has 0 aromatic rings. The number of carbonyl (C=O) groups is 2. The lowest BCUT2D eigenvalue weighted by Crippen LogP contribution is -2.33. The number of aliphatic hydroxyl groups is 1. The molecule has 72 valence electrons. The molecule has 0 radical (unpaired) electrons. The number of carbonyl (C=O) groups excluding carboxylic acids is 2. The summed E-state index contributed by atoms with van der Waals surface area (Å²) in [5, 5.41) is 7.08. The van der Waals surface area contributed by atoms with Crippen LogP contribution in [0.25, 0.3) is 0 Å². The fourth-order valence-corrected chi connectivity index (χ4v) is 1.09. The molecule has 1 heterocycles. The predicted octanol–water partition coefficient (Wildman–Crippen LogP) is -1.03. The van der Waals surface area contributed by atoms with Gasteiger partial charge in [-0.3, -0.25) is 0 Å². The molecule has 1 fully saturated rings. The minimum atomic E-state index is -0.771. The second-order valence-electron chi connectivity index (χ2n) is 2.76. The molecule has 5 nitrogen and oxygen atoms in total. The largest absolute Gasteiger partial charge is 0.392 e. The Balaban J connectivity index is 2.39. The Hall–Kier alpha value is -1.20. The molecule has 0 bridgehead atoms. The van der Waals surface area contributed by atoms with Gasteiger partial charge < -0.3 is 15.2 Å². The van der Waals surface area contributed by atoms with Crippen molar-refractivity contribution in [1.82, 2.24) is 5.32 Å². The summed E-state index contributed by atoms with van der Waals surface area (Å²) in [4.78, 5) is 21.9. The van der Waals surface area contributed by atoms with Gasteiger partial charge in [-0.15, -0.1) is 0 Å². The maximum atomic E-state index is 11.2. The van der Waals surface area contributed by atoms with Gasteiger partial charge in [-0.2, -0.15) is 0 Å². The van der Waals surface area contributed by atoms with Crippen LogP contribution < -0.4 is 5.32 Å². The highest BCUT2D eigenvalue weighted by Gasteiger charge is 2.30. The number of ether oxygens (including phenoxy) is 1. The fourth-order valence-electron chi connectivity index (χ4n) is 1.09. The first-order valence-corrected chi connectivity index (χ1v) is 3.90. The average molecular weight is 186 g/mol. The van der Waals surface area contributed by atoms with Gasteiger partial charge in [0.25, 0.3) is 0 Å². The lowest BCUT2D eigenvalue weighted by Gasteiger charge is -2.06. The van der Waals surface area contributed by atoms with Crippen LogP contribution in [0.1, 0.15) is 6.42 Å². The van der Waals surface area contributed by atoms with Crippen LogP contribution in [0.15, 0.2) is 12.7 Å². The molecule has 0 aromatic heterocycles. The van der Waals surface area contributed by atoms with E-state index in [4.69, 9.17) is 1.43 Å². The van der Waals surface area contributed by atoms with E-state index in [9.17, 15) is 9.59 Å². The maximum absolute atomic E-state index is 11.2. The standard InChI is InChI=1S/C8H11NO4/c1-2-7(11)13-8(12)6-3-5(10)4-9-6/h2,5-6,9-10H,1,3-4H2/t5-,6-/m0/s1/i10D. The molecule has 0 amide bonds. The number of aliphatic hydroxyl groups excluding tert-OH is 1. The zero-order chi connectivity index (χ0) is 10.6. The quantitative estimate of drug-likeness (QED) is 0.334. The molecule has 1 aliphatic rings.